The van der Waals surface area contributed by atoms with E-state index >= 15 is 0 Å². The van der Waals surface area contributed by atoms with E-state index in [2.05, 4.69) is 26.1 Å². The monoisotopic (exact) mass is 351 g/mol. The van der Waals surface area contributed by atoms with Crippen molar-refractivity contribution in [2.75, 3.05) is 11.9 Å². The van der Waals surface area contributed by atoms with E-state index in [4.69, 9.17) is 4.74 Å². The molecule has 0 aromatic heterocycles. The highest BCUT2D eigenvalue weighted by Gasteiger charge is 2.21. The fourth-order valence-corrected chi connectivity index (χ4v) is 2.76. The molecule has 1 heterocycles. The number of hydrogen-bond donors (Lipinski definition) is 2. The molecule has 5 nitrogen and oxygen atoms in total. The molecule has 2 N–H and O–H groups in total. The number of para-hydroxylation sites is 1. The summed E-state index contributed by atoms with van der Waals surface area (Å²) < 4.78 is 5.69. The molecular weight excluding hydrogens is 330 g/mol. The molecule has 0 radical (unpaired) electrons. The lowest BCUT2D eigenvalue weighted by Crippen LogP contribution is -2.22. The van der Waals surface area contributed by atoms with E-state index in [-0.39, 0.29) is 29.2 Å². The first-order valence-electron chi connectivity index (χ1n) is 8.37. The number of carboxylic acids is 1. The van der Waals surface area contributed by atoms with E-state index < -0.39 is 5.97 Å². The van der Waals surface area contributed by atoms with Crippen molar-refractivity contribution in [3.8, 4) is 5.75 Å². The van der Waals surface area contributed by atoms with Crippen LogP contribution in [0.15, 0.2) is 48.0 Å². The zero-order valence-electron chi connectivity index (χ0n) is 15.0. The molecule has 1 aliphatic heterocycles. The molecule has 0 fully saturated rings. The summed E-state index contributed by atoms with van der Waals surface area (Å²) in [4.78, 5) is 23.9. The Bertz CT molecular complexity index is 906. The summed E-state index contributed by atoms with van der Waals surface area (Å²) in [6, 6.07) is 12.3. The van der Waals surface area contributed by atoms with Gasteiger partial charge >= 0.3 is 5.97 Å². The fraction of sp³-hybridized carbons (Fsp3) is 0.238. The molecule has 0 saturated carbocycles. The molecule has 5 heteroatoms. The molecule has 2 aromatic carbocycles. The molecule has 0 saturated heterocycles. The average molecular weight is 351 g/mol. The largest absolute Gasteiger partial charge is 0.488 e. The van der Waals surface area contributed by atoms with Crippen LogP contribution in [-0.4, -0.2) is 23.6 Å². The Balaban J connectivity index is 1.88. The Morgan fingerprint density at radius 3 is 2.54 bits per heavy atom. The van der Waals surface area contributed by atoms with Crippen LogP contribution in [0, 0.1) is 0 Å². The van der Waals surface area contributed by atoms with Crippen LogP contribution in [-0.2, 0) is 10.2 Å². The van der Waals surface area contributed by atoms with E-state index in [1.165, 1.54) is 6.07 Å². The summed E-state index contributed by atoms with van der Waals surface area (Å²) in [6.45, 7) is 6.51. The second-order valence-corrected chi connectivity index (χ2v) is 7.27. The first-order chi connectivity index (χ1) is 12.3. The molecule has 1 amide bonds. The number of ether oxygens (including phenoxy) is 1. The lowest BCUT2D eigenvalue weighted by molar-refractivity contribution is -0.113. The van der Waals surface area contributed by atoms with Crippen LogP contribution in [0.4, 0.5) is 5.69 Å². The summed E-state index contributed by atoms with van der Waals surface area (Å²) in [5.41, 5.74) is 2.75. The summed E-state index contributed by atoms with van der Waals surface area (Å²) in [6.07, 6.45) is 1.80. The maximum absolute atomic E-state index is 12.6. The highest BCUT2D eigenvalue weighted by Crippen LogP contribution is 2.32. The zero-order valence-corrected chi connectivity index (χ0v) is 15.0. The SMILES string of the molecule is CC(C)(C)c1ccc2c(c1)C=C(C(=O)Nc1ccccc1C(=O)O)CO2. The van der Waals surface area contributed by atoms with E-state index in [9.17, 15) is 14.7 Å². The lowest BCUT2D eigenvalue weighted by Gasteiger charge is -2.23. The number of amides is 1. The van der Waals surface area contributed by atoms with Crippen molar-refractivity contribution in [3.05, 3.63) is 64.7 Å². The number of carbonyl (C=O) groups excluding carboxylic acids is 1. The smallest absolute Gasteiger partial charge is 0.337 e. The second kappa shape index (κ2) is 6.67. The van der Waals surface area contributed by atoms with E-state index in [0.29, 0.717) is 5.57 Å². The number of rotatable bonds is 3. The maximum Gasteiger partial charge on any atom is 0.337 e. The number of benzene rings is 2. The highest BCUT2D eigenvalue weighted by molar-refractivity contribution is 6.10. The number of carbonyl (C=O) groups is 2. The van der Waals surface area contributed by atoms with Gasteiger partial charge in [0.1, 0.15) is 12.4 Å². The molecule has 134 valence electrons. The predicted molar refractivity (Wildman–Crippen MR) is 101 cm³/mol. The Morgan fingerprint density at radius 2 is 1.85 bits per heavy atom. The molecule has 0 unspecified atom stereocenters. The van der Waals surface area contributed by atoms with Gasteiger partial charge < -0.3 is 15.2 Å². The van der Waals surface area contributed by atoms with Gasteiger partial charge in [0.05, 0.1) is 16.8 Å². The van der Waals surface area contributed by atoms with Gasteiger partial charge in [-0.2, -0.15) is 0 Å². The van der Waals surface area contributed by atoms with Gasteiger partial charge in [-0.1, -0.05) is 39.0 Å². The van der Waals surface area contributed by atoms with E-state index in [0.717, 1.165) is 16.9 Å². The molecule has 3 rings (SSSR count). The van der Waals surface area contributed by atoms with Crippen molar-refractivity contribution >= 4 is 23.6 Å². The number of fused-ring (bicyclic) bond motifs is 1. The molecule has 0 spiro atoms. The minimum Gasteiger partial charge on any atom is -0.488 e. The summed E-state index contributed by atoms with van der Waals surface area (Å²) in [7, 11) is 0. The molecule has 0 atom stereocenters. The lowest BCUT2D eigenvalue weighted by atomic mass is 9.85. The standard InChI is InChI=1S/C21H21NO4/c1-21(2,3)15-8-9-18-13(11-15)10-14(12-26-18)19(23)22-17-7-5-4-6-16(17)20(24)25/h4-11H,12H2,1-3H3,(H,22,23)(H,24,25). The molecule has 26 heavy (non-hydrogen) atoms. The van der Waals surface area contributed by atoms with Crippen LogP contribution in [0.2, 0.25) is 0 Å². The molecular formula is C21H21NO4. The van der Waals surface area contributed by atoms with Crippen molar-refractivity contribution in [2.24, 2.45) is 0 Å². The van der Waals surface area contributed by atoms with Crippen molar-refractivity contribution in [1.82, 2.24) is 0 Å². The number of anilines is 1. The van der Waals surface area contributed by atoms with Gasteiger partial charge in [-0.15, -0.1) is 0 Å². The van der Waals surface area contributed by atoms with Crippen molar-refractivity contribution < 1.29 is 19.4 Å². The van der Waals surface area contributed by atoms with Crippen molar-refractivity contribution in [3.63, 3.8) is 0 Å². The predicted octanol–water partition coefficient (Wildman–Crippen LogP) is 4.10. The molecule has 0 aliphatic carbocycles. The number of hydrogen-bond acceptors (Lipinski definition) is 3. The minimum atomic E-state index is -1.09. The third-order valence-electron chi connectivity index (χ3n) is 4.29. The van der Waals surface area contributed by atoms with Gasteiger partial charge in [-0.3, -0.25) is 4.79 Å². The highest BCUT2D eigenvalue weighted by atomic mass is 16.5. The first kappa shape index (κ1) is 17.7. The van der Waals surface area contributed by atoms with Gasteiger partial charge in [-0.25, -0.2) is 4.79 Å². The number of aromatic carboxylic acids is 1. The fourth-order valence-electron chi connectivity index (χ4n) is 2.76. The molecule has 0 bridgehead atoms. The Hall–Kier alpha value is -3.08. The van der Waals surface area contributed by atoms with Crippen LogP contribution < -0.4 is 10.1 Å². The van der Waals surface area contributed by atoms with Crippen LogP contribution in [0.25, 0.3) is 6.08 Å². The summed E-state index contributed by atoms with van der Waals surface area (Å²) in [5.74, 6) is -0.721. The van der Waals surface area contributed by atoms with E-state index in [1.807, 2.05) is 18.2 Å². The Kier molecular flexibility index (Phi) is 4.55. The maximum atomic E-state index is 12.6. The van der Waals surface area contributed by atoms with E-state index in [1.54, 1.807) is 24.3 Å². The van der Waals surface area contributed by atoms with Gasteiger partial charge in [0, 0.05) is 5.56 Å². The van der Waals surface area contributed by atoms with Gasteiger partial charge in [0.15, 0.2) is 0 Å². The van der Waals surface area contributed by atoms with Crippen LogP contribution in [0.3, 0.4) is 0 Å². The van der Waals surface area contributed by atoms with Crippen molar-refractivity contribution in [2.45, 2.75) is 26.2 Å². The quantitative estimate of drug-likeness (QED) is 0.873. The van der Waals surface area contributed by atoms with Crippen LogP contribution in [0.5, 0.6) is 5.75 Å². The Morgan fingerprint density at radius 1 is 1.12 bits per heavy atom. The third kappa shape index (κ3) is 3.61. The van der Waals surface area contributed by atoms with Gasteiger partial charge in [0.2, 0.25) is 0 Å². The summed E-state index contributed by atoms with van der Waals surface area (Å²) >= 11 is 0. The topological polar surface area (TPSA) is 75.6 Å². The van der Waals surface area contributed by atoms with Gasteiger partial charge in [-0.05, 0) is 41.3 Å². The van der Waals surface area contributed by atoms with Crippen LogP contribution >= 0.6 is 0 Å². The third-order valence-corrected chi connectivity index (χ3v) is 4.29. The summed E-state index contributed by atoms with van der Waals surface area (Å²) in [5, 5.41) is 11.9. The van der Waals surface area contributed by atoms with Crippen molar-refractivity contribution in [1.29, 1.82) is 0 Å². The second-order valence-electron chi connectivity index (χ2n) is 7.27. The first-order valence-corrected chi connectivity index (χ1v) is 8.37. The minimum absolute atomic E-state index is 0.0107. The molecule has 1 aliphatic rings. The number of carboxylic acid groups (broad SMARTS) is 1. The average Bonchev–Trinajstić information content (AvgIpc) is 2.60. The Labute approximate surface area is 152 Å². The molecule has 2 aromatic rings. The normalized spacial score (nSPS) is 13.3. The number of nitrogens with one attached hydrogen (secondary N) is 1. The van der Waals surface area contributed by atoms with Crippen LogP contribution in [0.1, 0.15) is 42.3 Å². The van der Waals surface area contributed by atoms with Gasteiger partial charge in [0.25, 0.3) is 5.91 Å². The zero-order chi connectivity index (χ0) is 18.9.